The van der Waals surface area contributed by atoms with Crippen molar-refractivity contribution in [3.8, 4) is 0 Å². The van der Waals surface area contributed by atoms with Crippen molar-refractivity contribution in [3.63, 3.8) is 0 Å². The van der Waals surface area contributed by atoms with E-state index in [0.29, 0.717) is 0 Å². The maximum absolute atomic E-state index is 7.01. The van der Waals surface area contributed by atoms with E-state index >= 15 is 0 Å². The van der Waals surface area contributed by atoms with Gasteiger partial charge in [0.15, 0.2) is 0 Å². The summed E-state index contributed by atoms with van der Waals surface area (Å²) in [5.74, 6) is 0.121. The van der Waals surface area contributed by atoms with Crippen molar-refractivity contribution >= 4 is 5.84 Å². The Labute approximate surface area is 66.5 Å². The number of hydrogen-bond acceptors (Lipinski definition) is 2. The molecule has 5 N–H and O–H groups in total. The van der Waals surface area contributed by atoms with Gasteiger partial charge in [0.05, 0.1) is 0 Å². The minimum Gasteiger partial charge on any atom is -0.384 e. The van der Waals surface area contributed by atoms with Gasteiger partial charge >= 0.3 is 0 Å². The van der Waals surface area contributed by atoms with Crippen LogP contribution in [0.4, 0.5) is 0 Å². The Morgan fingerprint density at radius 3 is 1.91 bits per heavy atom. The smallest absolute Gasteiger partial charge is 0.122 e. The van der Waals surface area contributed by atoms with Crippen molar-refractivity contribution in [2.45, 2.75) is 0 Å². The van der Waals surface area contributed by atoms with E-state index < -0.39 is 0 Å². The zero-order valence-corrected chi connectivity index (χ0v) is 6.54. The number of benzene rings is 1. The van der Waals surface area contributed by atoms with Crippen LogP contribution >= 0.6 is 0 Å². The maximum atomic E-state index is 7.01. The fraction of sp³-hybridized carbons (Fsp3) is 0.125. The van der Waals surface area contributed by atoms with Crippen molar-refractivity contribution in [1.29, 1.82) is 5.41 Å². The third kappa shape index (κ3) is 3.37. The van der Waals surface area contributed by atoms with Crippen LogP contribution in [0.2, 0.25) is 0 Å². The second kappa shape index (κ2) is 5.44. The molecule has 0 aliphatic heterocycles. The highest BCUT2D eigenvalue weighted by Gasteiger charge is 1.89. The van der Waals surface area contributed by atoms with Gasteiger partial charge in [-0.2, -0.15) is 0 Å². The second-order valence-electron chi connectivity index (χ2n) is 1.78. The van der Waals surface area contributed by atoms with E-state index in [1.165, 1.54) is 7.05 Å². The lowest BCUT2D eigenvalue weighted by Gasteiger charge is -1.93. The lowest BCUT2D eigenvalue weighted by Crippen LogP contribution is -2.10. The topological polar surface area (TPSA) is 75.9 Å². The van der Waals surface area contributed by atoms with Gasteiger partial charge in [0.25, 0.3) is 0 Å². The predicted molar refractivity (Wildman–Crippen MR) is 47.6 cm³/mol. The van der Waals surface area contributed by atoms with Crippen LogP contribution < -0.4 is 11.5 Å². The molecule has 0 atom stereocenters. The first-order valence-corrected chi connectivity index (χ1v) is 3.28. The standard InChI is InChI=1S/C7H8N2.CH5N/c8-7(9)6-4-2-1-3-5-6;1-2/h1-5H,(H3,8,9);2H2,1H3. The van der Waals surface area contributed by atoms with E-state index in [-0.39, 0.29) is 5.84 Å². The van der Waals surface area contributed by atoms with E-state index in [4.69, 9.17) is 11.1 Å². The van der Waals surface area contributed by atoms with Crippen LogP contribution in [0.3, 0.4) is 0 Å². The third-order valence-electron chi connectivity index (χ3n) is 1.08. The summed E-state index contributed by atoms with van der Waals surface area (Å²) in [6.45, 7) is 0. The largest absolute Gasteiger partial charge is 0.384 e. The number of amidine groups is 1. The number of rotatable bonds is 1. The summed E-state index contributed by atoms with van der Waals surface area (Å²) >= 11 is 0. The molecule has 0 fully saturated rings. The molecule has 0 bridgehead atoms. The molecule has 0 heterocycles. The minimum atomic E-state index is 0.121. The first-order chi connectivity index (χ1) is 5.30. The van der Waals surface area contributed by atoms with Crippen molar-refractivity contribution in [2.24, 2.45) is 11.5 Å². The monoisotopic (exact) mass is 151 g/mol. The average Bonchev–Trinajstić information content (AvgIpc) is 2.10. The Morgan fingerprint density at radius 1 is 1.18 bits per heavy atom. The molecule has 0 aliphatic carbocycles. The van der Waals surface area contributed by atoms with E-state index in [9.17, 15) is 0 Å². The van der Waals surface area contributed by atoms with Crippen LogP contribution in [-0.4, -0.2) is 12.9 Å². The van der Waals surface area contributed by atoms with Gasteiger partial charge in [0, 0.05) is 5.56 Å². The van der Waals surface area contributed by atoms with Gasteiger partial charge < -0.3 is 11.5 Å². The lowest BCUT2D eigenvalue weighted by molar-refractivity contribution is 1.42. The molecular weight excluding hydrogens is 138 g/mol. The van der Waals surface area contributed by atoms with Crippen LogP contribution in [0.15, 0.2) is 30.3 Å². The molecule has 1 aromatic carbocycles. The minimum absolute atomic E-state index is 0.121. The number of nitrogen functional groups attached to an aromatic ring is 1. The zero-order chi connectivity index (χ0) is 8.69. The molecule has 0 saturated carbocycles. The second-order valence-corrected chi connectivity index (χ2v) is 1.78. The first kappa shape index (κ1) is 9.65. The average molecular weight is 151 g/mol. The summed E-state index contributed by atoms with van der Waals surface area (Å²) in [4.78, 5) is 0. The fourth-order valence-corrected chi connectivity index (χ4v) is 0.618. The molecule has 0 spiro atoms. The number of hydrogen-bond donors (Lipinski definition) is 3. The molecule has 3 nitrogen and oxygen atoms in total. The van der Waals surface area contributed by atoms with Crippen molar-refractivity contribution < 1.29 is 0 Å². The van der Waals surface area contributed by atoms with Crippen molar-refractivity contribution in [2.75, 3.05) is 7.05 Å². The summed E-state index contributed by atoms with van der Waals surface area (Å²) in [6.07, 6.45) is 0. The molecule has 0 amide bonds. The Hall–Kier alpha value is -1.35. The predicted octanol–water partition coefficient (Wildman–Crippen LogP) is 0.546. The van der Waals surface area contributed by atoms with Gasteiger partial charge in [-0.05, 0) is 7.05 Å². The van der Waals surface area contributed by atoms with Gasteiger partial charge in [-0.25, -0.2) is 0 Å². The van der Waals surface area contributed by atoms with Crippen molar-refractivity contribution in [1.82, 2.24) is 0 Å². The Bertz CT molecular complexity index is 206. The van der Waals surface area contributed by atoms with Crippen LogP contribution in [0, 0.1) is 5.41 Å². The molecule has 0 unspecified atom stereocenters. The van der Waals surface area contributed by atoms with Crippen LogP contribution in [0.1, 0.15) is 5.56 Å². The molecule has 0 saturated heterocycles. The van der Waals surface area contributed by atoms with Crippen LogP contribution in [0.5, 0.6) is 0 Å². The quantitative estimate of drug-likeness (QED) is 0.405. The first-order valence-electron chi connectivity index (χ1n) is 3.28. The van der Waals surface area contributed by atoms with Gasteiger partial charge in [-0.15, -0.1) is 0 Å². The molecule has 1 rings (SSSR count). The summed E-state index contributed by atoms with van der Waals surface area (Å²) in [6, 6.07) is 9.23. The zero-order valence-electron chi connectivity index (χ0n) is 6.54. The molecule has 60 valence electrons. The van der Waals surface area contributed by atoms with Gasteiger partial charge in [0.2, 0.25) is 0 Å². The van der Waals surface area contributed by atoms with E-state index in [2.05, 4.69) is 5.73 Å². The molecular formula is C8H13N3. The lowest BCUT2D eigenvalue weighted by atomic mass is 10.2. The van der Waals surface area contributed by atoms with E-state index in [1.807, 2.05) is 30.3 Å². The van der Waals surface area contributed by atoms with Crippen LogP contribution in [-0.2, 0) is 0 Å². The maximum Gasteiger partial charge on any atom is 0.122 e. The van der Waals surface area contributed by atoms with Gasteiger partial charge in [0.1, 0.15) is 5.84 Å². The molecule has 0 aromatic heterocycles. The summed E-state index contributed by atoms with van der Waals surface area (Å²) in [5.41, 5.74) is 10.5. The third-order valence-corrected chi connectivity index (χ3v) is 1.08. The summed E-state index contributed by atoms with van der Waals surface area (Å²) < 4.78 is 0. The van der Waals surface area contributed by atoms with Gasteiger partial charge in [-0.1, -0.05) is 30.3 Å². The number of nitrogens with two attached hydrogens (primary N) is 2. The normalized spacial score (nSPS) is 7.82. The fourth-order valence-electron chi connectivity index (χ4n) is 0.618. The molecule has 3 heteroatoms. The number of nitrogens with one attached hydrogen (secondary N) is 1. The Balaban J connectivity index is 0.000000461. The molecule has 0 radical (unpaired) electrons. The van der Waals surface area contributed by atoms with E-state index in [0.717, 1.165) is 5.56 Å². The molecule has 11 heavy (non-hydrogen) atoms. The van der Waals surface area contributed by atoms with Crippen molar-refractivity contribution in [3.05, 3.63) is 35.9 Å². The highest BCUT2D eigenvalue weighted by atomic mass is 14.7. The summed E-state index contributed by atoms with van der Waals surface area (Å²) in [7, 11) is 1.50. The Kier molecular flexibility index (Phi) is 4.77. The molecule has 0 aliphatic rings. The van der Waals surface area contributed by atoms with E-state index in [1.54, 1.807) is 0 Å². The highest BCUT2D eigenvalue weighted by molar-refractivity contribution is 5.94. The van der Waals surface area contributed by atoms with Gasteiger partial charge in [-0.3, -0.25) is 5.41 Å². The summed E-state index contributed by atoms with van der Waals surface area (Å²) in [5, 5.41) is 7.01. The van der Waals surface area contributed by atoms with Crippen LogP contribution in [0.25, 0.3) is 0 Å². The Morgan fingerprint density at radius 2 is 1.64 bits per heavy atom. The highest BCUT2D eigenvalue weighted by Crippen LogP contribution is 1.94. The molecule has 1 aromatic rings. The SMILES string of the molecule is CN.N=C(N)c1ccccc1.